The maximum Gasteiger partial charge on any atom is 0.387 e. The fourth-order valence-corrected chi connectivity index (χ4v) is 2.64. The van der Waals surface area contributed by atoms with Crippen LogP contribution in [0.4, 0.5) is 20.2 Å². The molecular weight excluding hydrogens is 296 g/mol. The van der Waals surface area contributed by atoms with Gasteiger partial charge in [0.15, 0.2) is 0 Å². The Morgan fingerprint density at radius 2 is 2.27 bits per heavy atom. The van der Waals surface area contributed by atoms with Gasteiger partial charge in [-0.25, -0.2) is 0 Å². The van der Waals surface area contributed by atoms with Gasteiger partial charge in [0.05, 0.1) is 4.92 Å². The summed E-state index contributed by atoms with van der Waals surface area (Å²) in [4.78, 5) is 14.4. The number of nitro groups is 1. The van der Waals surface area contributed by atoms with Crippen LogP contribution in [0.25, 0.3) is 0 Å². The van der Waals surface area contributed by atoms with Crippen LogP contribution in [0.15, 0.2) is 18.2 Å². The first kappa shape index (κ1) is 16.4. The van der Waals surface area contributed by atoms with Gasteiger partial charge >= 0.3 is 12.3 Å². The van der Waals surface area contributed by atoms with Gasteiger partial charge in [-0.2, -0.15) is 8.78 Å². The molecule has 0 saturated carbocycles. The molecule has 1 aromatic carbocycles. The molecule has 6 nitrogen and oxygen atoms in total. The lowest BCUT2D eigenvalue weighted by molar-refractivity contribution is -0.386. The molecule has 1 aromatic rings. The second-order valence-electron chi connectivity index (χ2n) is 5.25. The van der Waals surface area contributed by atoms with E-state index in [-0.39, 0.29) is 0 Å². The van der Waals surface area contributed by atoms with Crippen molar-refractivity contribution in [3.05, 3.63) is 28.3 Å². The van der Waals surface area contributed by atoms with Crippen molar-refractivity contribution < 1.29 is 18.4 Å². The van der Waals surface area contributed by atoms with Gasteiger partial charge in [-0.05, 0) is 26.1 Å². The van der Waals surface area contributed by atoms with Crippen LogP contribution < -0.4 is 9.64 Å². The van der Waals surface area contributed by atoms with Crippen molar-refractivity contribution in [3.63, 3.8) is 0 Å². The molecule has 122 valence electrons. The lowest BCUT2D eigenvalue weighted by Crippen LogP contribution is -2.34. The Bertz CT molecular complexity index is 542. The minimum Gasteiger partial charge on any atom is -0.427 e. The number of benzene rings is 1. The van der Waals surface area contributed by atoms with Crippen LogP contribution in [0.3, 0.4) is 0 Å². The zero-order valence-electron chi connectivity index (χ0n) is 12.5. The SMILES string of the molecule is CCN(C)C1CCN(c2ccc([N+](=O)[O-])c(OC(F)F)c2)C1. The Kier molecular flexibility index (Phi) is 5.12. The fraction of sp³-hybridized carbons (Fsp3) is 0.571. The summed E-state index contributed by atoms with van der Waals surface area (Å²) in [6, 6.07) is 4.49. The second-order valence-corrected chi connectivity index (χ2v) is 5.25. The molecule has 0 aliphatic carbocycles. The Morgan fingerprint density at radius 3 is 2.86 bits per heavy atom. The molecule has 0 aromatic heterocycles. The summed E-state index contributed by atoms with van der Waals surface area (Å²) in [7, 11) is 2.04. The number of nitrogens with zero attached hydrogens (tertiary/aromatic N) is 3. The molecule has 2 rings (SSSR count). The molecule has 1 heterocycles. The average Bonchev–Trinajstić information content (AvgIpc) is 2.95. The number of hydrogen-bond donors (Lipinski definition) is 0. The van der Waals surface area contributed by atoms with E-state index in [4.69, 9.17) is 0 Å². The Hall–Kier alpha value is -1.96. The van der Waals surface area contributed by atoms with Gasteiger partial charge in [-0.15, -0.1) is 0 Å². The third kappa shape index (κ3) is 3.62. The lowest BCUT2D eigenvalue weighted by Gasteiger charge is -2.24. The van der Waals surface area contributed by atoms with Crippen molar-refractivity contribution in [1.82, 2.24) is 4.90 Å². The molecule has 0 bridgehead atoms. The minimum absolute atomic E-state index is 0.389. The van der Waals surface area contributed by atoms with Crippen molar-refractivity contribution in [1.29, 1.82) is 0 Å². The number of hydrogen-bond acceptors (Lipinski definition) is 5. The van der Waals surface area contributed by atoms with Crippen LogP contribution in [-0.4, -0.2) is 49.2 Å². The summed E-state index contributed by atoms with van der Waals surface area (Å²) in [6.07, 6.45) is 0.965. The molecule has 1 aliphatic heterocycles. The molecule has 1 aliphatic rings. The van der Waals surface area contributed by atoms with E-state index in [9.17, 15) is 18.9 Å². The predicted molar refractivity (Wildman–Crippen MR) is 78.7 cm³/mol. The summed E-state index contributed by atoms with van der Waals surface area (Å²) in [5, 5.41) is 10.9. The number of nitro benzene ring substituents is 1. The summed E-state index contributed by atoms with van der Waals surface area (Å²) in [5.41, 5.74) is 0.207. The predicted octanol–water partition coefficient (Wildman–Crippen LogP) is 2.73. The largest absolute Gasteiger partial charge is 0.427 e. The molecule has 0 amide bonds. The number of ether oxygens (including phenoxy) is 1. The standard InChI is InChI=1S/C14H19F2N3O3/c1-3-17(2)11-6-7-18(9-11)10-4-5-12(19(20)21)13(8-10)22-14(15)16/h4-5,8,11,14H,3,6-7,9H2,1-2H3. The zero-order valence-corrected chi connectivity index (χ0v) is 12.5. The Morgan fingerprint density at radius 1 is 1.55 bits per heavy atom. The van der Waals surface area contributed by atoms with E-state index in [2.05, 4.69) is 16.6 Å². The molecule has 1 fully saturated rings. The topological polar surface area (TPSA) is 58.9 Å². The zero-order chi connectivity index (χ0) is 16.3. The van der Waals surface area contributed by atoms with Crippen LogP contribution in [0.5, 0.6) is 5.75 Å². The van der Waals surface area contributed by atoms with Crippen LogP contribution in [-0.2, 0) is 0 Å². The van der Waals surface area contributed by atoms with E-state index >= 15 is 0 Å². The van der Waals surface area contributed by atoms with Crippen molar-refractivity contribution in [2.75, 3.05) is 31.6 Å². The third-order valence-electron chi connectivity index (χ3n) is 4.01. The van der Waals surface area contributed by atoms with Crippen LogP contribution in [0.1, 0.15) is 13.3 Å². The highest BCUT2D eigenvalue weighted by Gasteiger charge is 2.27. The maximum atomic E-state index is 12.4. The number of likely N-dealkylation sites (N-methyl/N-ethyl adjacent to an activating group) is 1. The van der Waals surface area contributed by atoms with Gasteiger partial charge < -0.3 is 14.5 Å². The van der Waals surface area contributed by atoms with Crippen molar-refractivity contribution >= 4 is 11.4 Å². The smallest absolute Gasteiger partial charge is 0.387 e. The van der Waals surface area contributed by atoms with Crippen molar-refractivity contribution in [2.45, 2.75) is 26.0 Å². The highest BCUT2D eigenvalue weighted by atomic mass is 19.3. The average molecular weight is 315 g/mol. The van der Waals surface area contributed by atoms with Gasteiger partial charge in [-0.3, -0.25) is 10.1 Å². The maximum absolute atomic E-state index is 12.4. The Balaban J connectivity index is 2.20. The molecule has 1 atom stereocenters. The molecule has 0 radical (unpaired) electrons. The van der Waals surface area contributed by atoms with E-state index in [1.807, 2.05) is 11.9 Å². The number of rotatable bonds is 6. The van der Waals surface area contributed by atoms with Gasteiger partial charge in [-0.1, -0.05) is 6.92 Å². The fourth-order valence-electron chi connectivity index (χ4n) is 2.64. The van der Waals surface area contributed by atoms with E-state index in [1.165, 1.54) is 12.1 Å². The molecule has 1 saturated heterocycles. The van der Waals surface area contributed by atoms with E-state index < -0.39 is 23.0 Å². The monoisotopic (exact) mass is 315 g/mol. The first-order valence-corrected chi connectivity index (χ1v) is 7.10. The van der Waals surface area contributed by atoms with Crippen LogP contribution in [0.2, 0.25) is 0 Å². The van der Waals surface area contributed by atoms with Gasteiger partial charge in [0, 0.05) is 37.0 Å². The van der Waals surface area contributed by atoms with Crippen molar-refractivity contribution in [3.8, 4) is 5.75 Å². The molecule has 0 spiro atoms. The van der Waals surface area contributed by atoms with Crippen LogP contribution in [0, 0.1) is 10.1 Å². The quantitative estimate of drug-likeness (QED) is 0.597. The summed E-state index contributed by atoms with van der Waals surface area (Å²) in [5.74, 6) is -0.398. The molecule has 8 heteroatoms. The number of alkyl halides is 2. The summed E-state index contributed by atoms with van der Waals surface area (Å²) >= 11 is 0. The normalized spacial score (nSPS) is 18.3. The van der Waals surface area contributed by atoms with Gasteiger partial charge in [0.1, 0.15) is 0 Å². The number of halogens is 2. The lowest BCUT2D eigenvalue weighted by atomic mass is 10.2. The number of anilines is 1. The van der Waals surface area contributed by atoms with E-state index in [0.29, 0.717) is 11.7 Å². The molecule has 0 N–H and O–H groups in total. The van der Waals surface area contributed by atoms with E-state index in [1.54, 1.807) is 6.07 Å². The molecule has 22 heavy (non-hydrogen) atoms. The molecule has 1 unspecified atom stereocenters. The summed E-state index contributed by atoms with van der Waals surface area (Å²) < 4.78 is 29.1. The van der Waals surface area contributed by atoms with E-state index in [0.717, 1.165) is 26.1 Å². The minimum atomic E-state index is -3.09. The highest BCUT2D eigenvalue weighted by Crippen LogP contribution is 2.34. The Labute approximate surface area is 127 Å². The second kappa shape index (κ2) is 6.87. The first-order chi connectivity index (χ1) is 10.4. The highest BCUT2D eigenvalue weighted by molar-refractivity contribution is 5.59. The van der Waals surface area contributed by atoms with Crippen molar-refractivity contribution in [2.24, 2.45) is 0 Å². The third-order valence-corrected chi connectivity index (χ3v) is 4.01. The van der Waals surface area contributed by atoms with Crippen LogP contribution >= 0.6 is 0 Å². The van der Waals surface area contributed by atoms with Gasteiger partial charge in [0.25, 0.3) is 0 Å². The molecular formula is C14H19F2N3O3. The first-order valence-electron chi connectivity index (χ1n) is 7.10. The van der Waals surface area contributed by atoms with Gasteiger partial charge in [0.2, 0.25) is 5.75 Å². The summed E-state index contributed by atoms with van der Waals surface area (Å²) in [6.45, 7) is 1.45.